The van der Waals surface area contributed by atoms with Gasteiger partial charge in [0.25, 0.3) is 0 Å². The van der Waals surface area contributed by atoms with E-state index in [1.807, 2.05) is 0 Å². The molecule has 2 nitrogen and oxygen atoms in total. The third kappa shape index (κ3) is 3.31. The van der Waals surface area contributed by atoms with Gasteiger partial charge in [-0.15, -0.1) is 0 Å². The van der Waals surface area contributed by atoms with Gasteiger partial charge in [0.15, 0.2) is 0 Å². The molecule has 0 unspecified atom stereocenters. The number of benzene rings is 3. The monoisotopic (exact) mass is 354 g/mol. The Labute approximate surface area is 162 Å². The van der Waals surface area contributed by atoms with Gasteiger partial charge in [-0.1, -0.05) is 84.9 Å². The average Bonchev–Trinajstić information content (AvgIpc) is 2.71. The molecule has 27 heavy (non-hydrogen) atoms. The second-order valence-electron chi connectivity index (χ2n) is 7.82. The molecule has 2 heterocycles. The number of hydrogen-bond acceptors (Lipinski definition) is 2. The van der Waals surface area contributed by atoms with Gasteiger partial charge in [0.2, 0.25) is 0 Å². The molecule has 136 valence electrons. The highest BCUT2D eigenvalue weighted by molar-refractivity contribution is 5.33. The first-order valence-corrected chi connectivity index (χ1v) is 10.0. The minimum absolute atomic E-state index is 0.362. The number of likely N-dealkylation sites (tertiary alicyclic amines) is 1. The van der Waals surface area contributed by atoms with Crippen molar-refractivity contribution in [3.05, 3.63) is 107 Å². The lowest BCUT2D eigenvalue weighted by Gasteiger charge is -2.50. The summed E-state index contributed by atoms with van der Waals surface area (Å²) in [5.41, 5.74) is 5.85. The minimum Gasteiger partial charge on any atom is -0.293 e. The van der Waals surface area contributed by atoms with Crippen LogP contribution in [0.3, 0.4) is 0 Å². The Hall–Kier alpha value is -2.42. The molecule has 0 saturated carbocycles. The molecule has 3 aromatic rings. The highest BCUT2D eigenvalue weighted by Gasteiger charge is 2.37. The molecule has 0 amide bonds. The van der Waals surface area contributed by atoms with Crippen molar-refractivity contribution in [1.82, 2.24) is 9.80 Å². The van der Waals surface area contributed by atoms with Crippen LogP contribution in [0.2, 0.25) is 0 Å². The Morgan fingerprint density at radius 2 is 1.22 bits per heavy atom. The molecule has 0 aromatic heterocycles. The highest BCUT2D eigenvalue weighted by Crippen LogP contribution is 2.34. The van der Waals surface area contributed by atoms with Crippen LogP contribution in [0.25, 0.3) is 0 Å². The van der Waals surface area contributed by atoms with Crippen LogP contribution in [0.1, 0.15) is 28.3 Å². The Kier molecular flexibility index (Phi) is 4.52. The average molecular weight is 354 g/mol. The molecule has 2 aliphatic rings. The van der Waals surface area contributed by atoms with Crippen molar-refractivity contribution < 1.29 is 0 Å². The molecule has 0 radical (unpaired) electrons. The molecule has 0 N–H and O–H groups in total. The Bertz CT molecular complexity index is 845. The van der Waals surface area contributed by atoms with Crippen molar-refractivity contribution in [2.75, 3.05) is 19.6 Å². The van der Waals surface area contributed by atoms with Crippen LogP contribution in [0.15, 0.2) is 84.9 Å². The van der Waals surface area contributed by atoms with Gasteiger partial charge < -0.3 is 0 Å². The quantitative estimate of drug-likeness (QED) is 0.680. The molecule has 5 rings (SSSR count). The third-order valence-corrected chi connectivity index (χ3v) is 6.16. The van der Waals surface area contributed by atoms with Crippen molar-refractivity contribution in [1.29, 1.82) is 0 Å². The summed E-state index contributed by atoms with van der Waals surface area (Å²) in [6, 6.07) is 31.9. The van der Waals surface area contributed by atoms with Crippen LogP contribution in [-0.4, -0.2) is 35.5 Å². The largest absolute Gasteiger partial charge is 0.293 e. The number of nitrogens with zero attached hydrogens (tertiary/aromatic N) is 2. The standard InChI is InChI=1S/C25H26N2/c1-3-10-21(11-4-1)25(22-12-5-2-6-13-22)27-18-24(19-27)26-16-15-20-9-7-8-14-23(20)17-26/h1-14,24-25H,15-19H2. The predicted octanol–water partition coefficient (Wildman–Crippen LogP) is 4.52. The van der Waals surface area contributed by atoms with E-state index >= 15 is 0 Å². The first-order chi connectivity index (χ1) is 13.4. The molecule has 1 fully saturated rings. The molecule has 3 aromatic carbocycles. The lowest BCUT2D eigenvalue weighted by molar-refractivity contribution is 0.00727. The zero-order valence-corrected chi connectivity index (χ0v) is 15.7. The van der Waals surface area contributed by atoms with Crippen LogP contribution in [0.4, 0.5) is 0 Å². The maximum atomic E-state index is 2.69. The zero-order chi connectivity index (χ0) is 18.1. The molecular weight excluding hydrogens is 328 g/mol. The Morgan fingerprint density at radius 3 is 1.85 bits per heavy atom. The predicted molar refractivity (Wildman–Crippen MR) is 111 cm³/mol. The second-order valence-corrected chi connectivity index (χ2v) is 7.82. The van der Waals surface area contributed by atoms with Crippen molar-refractivity contribution in [2.45, 2.75) is 25.0 Å². The van der Waals surface area contributed by atoms with Gasteiger partial charge in [0.1, 0.15) is 0 Å². The SMILES string of the molecule is c1ccc(C(c2ccccc2)N2CC(N3CCc4ccccc4C3)C2)cc1. The maximum absolute atomic E-state index is 2.69. The number of hydrogen-bond donors (Lipinski definition) is 0. The molecule has 0 bridgehead atoms. The summed E-state index contributed by atoms with van der Waals surface area (Å²) >= 11 is 0. The molecule has 2 heteroatoms. The van der Waals surface area contributed by atoms with E-state index in [2.05, 4.69) is 94.7 Å². The fourth-order valence-corrected chi connectivity index (χ4v) is 4.64. The van der Waals surface area contributed by atoms with Crippen molar-refractivity contribution in [2.24, 2.45) is 0 Å². The summed E-state index contributed by atoms with van der Waals surface area (Å²) in [6.45, 7) is 4.60. The first-order valence-electron chi connectivity index (χ1n) is 10.0. The van der Waals surface area contributed by atoms with Gasteiger partial charge in [-0.05, 0) is 28.7 Å². The summed E-state index contributed by atoms with van der Waals surface area (Å²) in [4.78, 5) is 5.32. The van der Waals surface area contributed by atoms with E-state index < -0.39 is 0 Å². The molecule has 2 aliphatic heterocycles. The first kappa shape index (κ1) is 16.7. The van der Waals surface area contributed by atoms with E-state index in [9.17, 15) is 0 Å². The summed E-state index contributed by atoms with van der Waals surface area (Å²) in [5.74, 6) is 0. The lowest BCUT2D eigenvalue weighted by atomic mass is 9.91. The van der Waals surface area contributed by atoms with E-state index in [1.54, 1.807) is 0 Å². The summed E-state index contributed by atoms with van der Waals surface area (Å²) in [5, 5.41) is 0. The van der Waals surface area contributed by atoms with E-state index in [-0.39, 0.29) is 0 Å². The third-order valence-electron chi connectivity index (χ3n) is 6.16. The minimum atomic E-state index is 0.362. The zero-order valence-electron chi connectivity index (χ0n) is 15.7. The van der Waals surface area contributed by atoms with Crippen molar-refractivity contribution in [3.63, 3.8) is 0 Å². The Morgan fingerprint density at radius 1 is 0.667 bits per heavy atom. The fourth-order valence-electron chi connectivity index (χ4n) is 4.64. The molecule has 0 aliphatic carbocycles. The summed E-state index contributed by atoms with van der Waals surface area (Å²) < 4.78 is 0. The summed E-state index contributed by atoms with van der Waals surface area (Å²) in [6.07, 6.45) is 1.19. The van der Waals surface area contributed by atoms with Gasteiger partial charge in [-0.2, -0.15) is 0 Å². The molecule has 1 saturated heterocycles. The van der Waals surface area contributed by atoms with Gasteiger partial charge >= 0.3 is 0 Å². The molecular formula is C25H26N2. The fraction of sp³-hybridized carbons (Fsp3) is 0.280. The van der Waals surface area contributed by atoms with Crippen molar-refractivity contribution in [3.8, 4) is 0 Å². The van der Waals surface area contributed by atoms with Gasteiger partial charge in [0, 0.05) is 32.2 Å². The van der Waals surface area contributed by atoms with Gasteiger partial charge in [-0.25, -0.2) is 0 Å². The van der Waals surface area contributed by atoms with Crippen molar-refractivity contribution >= 4 is 0 Å². The normalized spacial score (nSPS) is 18.3. The summed E-state index contributed by atoms with van der Waals surface area (Å²) in [7, 11) is 0. The van der Waals surface area contributed by atoms with E-state index in [0.29, 0.717) is 12.1 Å². The van der Waals surface area contributed by atoms with E-state index in [0.717, 1.165) is 19.6 Å². The van der Waals surface area contributed by atoms with Crippen LogP contribution >= 0.6 is 0 Å². The van der Waals surface area contributed by atoms with Gasteiger partial charge in [0.05, 0.1) is 6.04 Å². The topological polar surface area (TPSA) is 6.48 Å². The second kappa shape index (κ2) is 7.30. The Balaban J connectivity index is 1.32. The van der Waals surface area contributed by atoms with Crippen LogP contribution in [0, 0.1) is 0 Å². The van der Waals surface area contributed by atoms with E-state index in [4.69, 9.17) is 0 Å². The van der Waals surface area contributed by atoms with Gasteiger partial charge in [-0.3, -0.25) is 9.80 Å². The molecule has 0 spiro atoms. The molecule has 0 atom stereocenters. The smallest absolute Gasteiger partial charge is 0.0602 e. The van der Waals surface area contributed by atoms with E-state index in [1.165, 1.54) is 35.2 Å². The maximum Gasteiger partial charge on any atom is 0.0602 e. The number of rotatable bonds is 4. The lowest BCUT2D eigenvalue weighted by Crippen LogP contribution is -2.60. The van der Waals surface area contributed by atoms with Crippen LogP contribution in [-0.2, 0) is 13.0 Å². The number of fused-ring (bicyclic) bond motifs is 1. The van der Waals surface area contributed by atoms with Crippen LogP contribution in [0.5, 0.6) is 0 Å². The van der Waals surface area contributed by atoms with Crippen LogP contribution < -0.4 is 0 Å². The highest BCUT2D eigenvalue weighted by atomic mass is 15.3.